The summed E-state index contributed by atoms with van der Waals surface area (Å²) in [7, 11) is 0. The minimum atomic E-state index is -8.98. The Balaban J connectivity index is 0. The van der Waals surface area contributed by atoms with Crippen molar-refractivity contribution in [3.8, 4) is 0 Å². The number of hydrogen-bond acceptors (Lipinski definition) is 0. The average molecular weight is 437 g/mol. The number of hydrogen-bond donors (Lipinski definition) is 0. The molecule has 0 heterocycles. The van der Waals surface area contributed by atoms with Gasteiger partial charge < -0.3 is 0 Å². The molecule has 0 aromatic heterocycles. The quantitative estimate of drug-likeness (QED) is 0.457. The second-order valence-corrected chi connectivity index (χ2v) is 9.12. The van der Waals surface area contributed by atoms with Crippen LogP contribution in [-0.4, -0.2) is 66.0 Å². The molecule has 0 amide bonds. The van der Waals surface area contributed by atoms with Crippen molar-refractivity contribution in [2.45, 2.75) is 32.8 Å². The summed E-state index contributed by atoms with van der Waals surface area (Å²) in [4.78, 5) is 0. The van der Waals surface area contributed by atoms with Gasteiger partial charge >= 0.3 is 113 Å². The Labute approximate surface area is 132 Å². The first-order chi connectivity index (χ1) is 9.12. The molecule has 23 heavy (non-hydrogen) atoms. The van der Waals surface area contributed by atoms with Crippen molar-refractivity contribution in [2.75, 3.05) is 0 Å². The Morgan fingerprint density at radius 3 is 0.565 bits per heavy atom. The Kier molecular flexibility index (Phi) is 7.08. The van der Waals surface area contributed by atoms with E-state index in [2.05, 4.69) is 0 Å². The molecule has 0 rings (SSSR count). The van der Waals surface area contributed by atoms with E-state index < -0.39 is 47.1 Å². The molecule has 0 aliphatic heterocycles. The van der Waals surface area contributed by atoms with E-state index in [9.17, 15) is 65.9 Å². The zero-order valence-corrected chi connectivity index (χ0v) is 12.3. The molecule has 0 atom stereocenters. The molecule has 0 N–H and O–H groups in total. The number of rotatable bonds is 3. The third kappa shape index (κ3) is 4.39. The molecular weight excluding hydrogens is 437 g/mol. The molecule has 0 aromatic rings. The Morgan fingerprint density at radius 2 is 0.478 bits per heavy atom. The molecule has 0 bridgehead atoms. The zero-order valence-electron chi connectivity index (χ0n) is 10.2. The Morgan fingerprint density at radius 1 is 0.348 bits per heavy atom. The Bertz CT molecular complexity index is 340. The largest absolute Gasteiger partial charge is 0 e. The van der Waals surface area contributed by atoms with Gasteiger partial charge in [0.15, 0.2) is 0 Å². The molecule has 0 nitrogen and oxygen atoms in total. The summed E-state index contributed by atoms with van der Waals surface area (Å²) in [5.41, 5.74) is 0. The van der Waals surface area contributed by atoms with Gasteiger partial charge in [0.25, 0.3) is 0 Å². The van der Waals surface area contributed by atoms with Gasteiger partial charge in [-0.25, -0.2) is 0 Å². The van der Waals surface area contributed by atoms with E-state index in [0.29, 0.717) is 0 Å². The second kappa shape index (κ2) is 6.43. The molecule has 0 spiro atoms. The van der Waals surface area contributed by atoms with E-state index in [-0.39, 0.29) is 18.9 Å². The van der Waals surface area contributed by atoms with Gasteiger partial charge in [-0.2, -0.15) is 0 Å². The average Bonchev–Trinajstić information content (AvgIpc) is 2.09. The molecule has 2 radical (unpaired) electrons. The van der Waals surface area contributed by atoms with Crippen LogP contribution < -0.4 is 0 Å². The molecule has 134 valence electrons. The van der Waals surface area contributed by atoms with E-state index in [1.54, 1.807) is 0 Å². The third-order valence-electron chi connectivity index (χ3n) is 2.01. The van der Waals surface area contributed by atoms with Crippen LogP contribution in [0.4, 0.5) is 65.9 Å². The first-order valence-electron chi connectivity index (χ1n) is 4.33. The van der Waals surface area contributed by atoms with Gasteiger partial charge in [0.2, 0.25) is 0 Å². The summed E-state index contributed by atoms with van der Waals surface area (Å²) < 4.78 is 160. The molecule has 0 aromatic carbocycles. The van der Waals surface area contributed by atoms with Crippen molar-refractivity contribution in [1.29, 1.82) is 0 Å². The van der Waals surface area contributed by atoms with E-state index in [1.807, 2.05) is 0 Å². The van der Waals surface area contributed by atoms with Crippen LogP contribution >= 0.6 is 0 Å². The van der Waals surface area contributed by atoms with Gasteiger partial charge in [-0.15, -0.1) is 0 Å². The Hall–Kier alpha value is 0.0903. The van der Waals surface area contributed by atoms with E-state index in [1.165, 1.54) is 0 Å². The SMILES string of the molecule is FC(F)(F)[C](F)(F)[Ge]([C](F)(F)C(F)(F)F)[C](F)(F)C(F)(F)F.[Li]. The molecule has 0 fully saturated rings. The molecule has 0 unspecified atom stereocenters. The predicted molar refractivity (Wildman–Crippen MR) is 44.5 cm³/mol. The molecule has 0 aliphatic carbocycles. The maximum Gasteiger partial charge on any atom is 0 e. The van der Waals surface area contributed by atoms with Crippen LogP contribution in [0.15, 0.2) is 0 Å². The topological polar surface area (TPSA) is 0 Å². The first kappa shape index (κ1) is 25.3. The van der Waals surface area contributed by atoms with Gasteiger partial charge in [-0.05, 0) is 0 Å². The first-order valence-corrected chi connectivity index (χ1v) is 7.48. The standard InChI is InChI=1S/C6F15Ge.Li/c7-1(8,9)4(16,17)22(5(18,19)2(10,11)12)6(20,21)3(13,14)15;. The van der Waals surface area contributed by atoms with Crippen LogP contribution in [0.2, 0.25) is 0 Å². The number of halogens is 15. The van der Waals surface area contributed by atoms with E-state index in [0.717, 1.165) is 0 Å². The minimum absolute atomic E-state index is 0. The predicted octanol–water partition coefficient (Wildman–Crippen LogP) is 4.31. The fraction of sp³-hybridized carbons (Fsp3) is 1.00. The van der Waals surface area contributed by atoms with Crippen molar-refractivity contribution >= 4 is 33.2 Å². The maximum atomic E-state index is 12.6. The normalized spacial score (nSPS) is 15.7. The maximum absolute atomic E-state index is 12.6. The summed E-state index contributed by atoms with van der Waals surface area (Å²) in [6, 6.07) is 0. The summed E-state index contributed by atoms with van der Waals surface area (Å²) in [6.45, 7) is 0. The zero-order chi connectivity index (χ0) is 18.6. The van der Waals surface area contributed by atoms with Crippen LogP contribution in [0.5, 0.6) is 0 Å². The van der Waals surface area contributed by atoms with Gasteiger partial charge in [-0.1, -0.05) is 0 Å². The van der Waals surface area contributed by atoms with Crippen LogP contribution in [0.3, 0.4) is 0 Å². The smallest absolute Gasteiger partial charge is 0 e. The summed E-state index contributed by atoms with van der Waals surface area (Å²) in [5.74, 6) is 0. The minimum Gasteiger partial charge on any atom is 0 e. The van der Waals surface area contributed by atoms with Crippen LogP contribution in [0.25, 0.3) is 0 Å². The van der Waals surface area contributed by atoms with Crippen molar-refractivity contribution in [3.05, 3.63) is 0 Å². The molecule has 0 saturated carbocycles. The van der Waals surface area contributed by atoms with Crippen molar-refractivity contribution in [1.82, 2.24) is 0 Å². The van der Waals surface area contributed by atoms with Crippen LogP contribution in [0.1, 0.15) is 0 Å². The van der Waals surface area contributed by atoms with E-state index in [4.69, 9.17) is 0 Å². The van der Waals surface area contributed by atoms with Crippen molar-refractivity contribution in [2.24, 2.45) is 0 Å². The summed E-state index contributed by atoms with van der Waals surface area (Å²) in [5, 5.41) is 0. The third-order valence-corrected chi connectivity index (χ3v) is 7.75. The van der Waals surface area contributed by atoms with Crippen LogP contribution in [-0.2, 0) is 0 Å². The summed E-state index contributed by atoms with van der Waals surface area (Å²) in [6.07, 6.45) is -22.4. The van der Waals surface area contributed by atoms with Gasteiger partial charge in [0, 0.05) is 18.9 Å². The second-order valence-electron chi connectivity index (χ2n) is 3.59. The van der Waals surface area contributed by atoms with Gasteiger partial charge in [-0.3, -0.25) is 0 Å². The molecule has 0 saturated heterocycles. The van der Waals surface area contributed by atoms with Crippen LogP contribution in [0, 0.1) is 0 Å². The van der Waals surface area contributed by atoms with Gasteiger partial charge in [0.05, 0.1) is 0 Å². The van der Waals surface area contributed by atoms with Crippen molar-refractivity contribution < 1.29 is 65.9 Å². The fourth-order valence-electron chi connectivity index (χ4n) is 1.02. The van der Waals surface area contributed by atoms with E-state index >= 15 is 0 Å². The van der Waals surface area contributed by atoms with Gasteiger partial charge in [0.1, 0.15) is 0 Å². The molecule has 0 aliphatic rings. The number of alkyl halides is 15. The monoisotopic (exact) mass is 438 g/mol. The molecular formula is C6F15GeLi. The van der Waals surface area contributed by atoms with Crippen molar-refractivity contribution in [3.63, 3.8) is 0 Å². The molecule has 17 heteroatoms. The summed E-state index contributed by atoms with van der Waals surface area (Å²) >= 11 is -8.98. The fourth-order valence-corrected chi connectivity index (χ4v) is 5.28.